The highest BCUT2D eigenvalue weighted by atomic mass is 16.7. The van der Waals surface area contributed by atoms with Gasteiger partial charge in [0.1, 0.15) is 13.2 Å². The molecule has 0 bridgehead atoms. The predicted octanol–water partition coefficient (Wildman–Crippen LogP) is 18.2. The monoisotopic (exact) mass is 1080 g/mol. The summed E-state index contributed by atoms with van der Waals surface area (Å²) < 4.78 is 22.8. The van der Waals surface area contributed by atoms with Crippen LogP contribution in [-0.2, 0) is 33.3 Å². The highest BCUT2D eigenvalue weighted by molar-refractivity contribution is 5.70. The second kappa shape index (κ2) is 59.1. The van der Waals surface area contributed by atoms with Crippen molar-refractivity contribution in [1.29, 1.82) is 0 Å². The van der Waals surface area contributed by atoms with Crippen molar-refractivity contribution in [1.82, 2.24) is 0 Å². The number of aliphatic carboxylic acids is 1. The number of carbonyl (C=O) groups is 3. The van der Waals surface area contributed by atoms with E-state index in [0.717, 1.165) is 51.4 Å². The van der Waals surface area contributed by atoms with Crippen LogP contribution >= 0.6 is 0 Å². The maximum atomic E-state index is 12.9. The first-order chi connectivity index (χ1) is 37.6. The quantitative estimate of drug-likeness (QED) is 0.0195. The van der Waals surface area contributed by atoms with Gasteiger partial charge in [-0.2, -0.15) is 0 Å². The molecular formula is C68H123NO8. The molecule has 77 heavy (non-hydrogen) atoms. The van der Waals surface area contributed by atoms with E-state index in [0.29, 0.717) is 17.4 Å². The average Bonchev–Trinajstić information content (AvgIpc) is 3.40. The van der Waals surface area contributed by atoms with E-state index in [-0.39, 0.29) is 38.6 Å². The summed E-state index contributed by atoms with van der Waals surface area (Å²) in [5, 5.41) is 11.8. The lowest BCUT2D eigenvalue weighted by Gasteiger charge is -2.26. The number of allylic oxidation sites excluding steroid dienone is 10. The van der Waals surface area contributed by atoms with Gasteiger partial charge in [-0.15, -0.1) is 0 Å². The number of quaternary nitrogens is 1. The number of esters is 2. The Morgan fingerprint density at radius 1 is 0.390 bits per heavy atom. The molecule has 0 radical (unpaired) electrons. The number of nitrogens with zero attached hydrogens (tertiary/aromatic N) is 1. The first kappa shape index (κ1) is 74.0. The second-order valence-electron chi connectivity index (χ2n) is 23.0. The van der Waals surface area contributed by atoms with Gasteiger partial charge in [-0.25, -0.2) is 0 Å². The van der Waals surface area contributed by atoms with E-state index >= 15 is 0 Å². The van der Waals surface area contributed by atoms with E-state index in [1.807, 2.05) is 21.1 Å². The summed E-state index contributed by atoms with van der Waals surface area (Å²) in [7, 11) is 5.93. The van der Waals surface area contributed by atoms with Gasteiger partial charge in [0.15, 0.2) is 12.4 Å². The molecule has 0 saturated heterocycles. The summed E-state index contributed by atoms with van der Waals surface area (Å²) in [6, 6.07) is 0. The van der Waals surface area contributed by atoms with Gasteiger partial charge in [0.05, 0.1) is 40.3 Å². The Morgan fingerprint density at radius 2 is 0.701 bits per heavy atom. The Hall–Kier alpha value is -3.01. The lowest BCUT2D eigenvalue weighted by Crippen LogP contribution is -2.44. The van der Waals surface area contributed by atoms with Gasteiger partial charge >= 0.3 is 11.9 Å². The highest BCUT2D eigenvalue weighted by Crippen LogP contribution is 2.17. The third-order valence-electron chi connectivity index (χ3n) is 14.2. The van der Waals surface area contributed by atoms with Crippen LogP contribution in [-0.4, -0.2) is 82.3 Å². The largest absolute Gasteiger partial charge is 0.545 e. The van der Waals surface area contributed by atoms with Gasteiger partial charge in [0.2, 0.25) is 0 Å². The molecule has 0 amide bonds. The van der Waals surface area contributed by atoms with Crippen LogP contribution in [0.15, 0.2) is 60.8 Å². The molecule has 9 nitrogen and oxygen atoms in total. The number of carboxylic acids is 1. The van der Waals surface area contributed by atoms with Crippen LogP contribution in [0, 0.1) is 0 Å². The fraction of sp³-hybridized carbons (Fsp3) is 0.809. The normalized spacial score (nSPS) is 13.1. The van der Waals surface area contributed by atoms with Crippen molar-refractivity contribution in [2.24, 2.45) is 0 Å². The van der Waals surface area contributed by atoms with Gasteiger partial charge in [0.25, 0.3) is 0 Å². The van der Waals surface area contributed by atoms with Crippen molar-refractivity contribution in [2.45, 2.75) is 309 Å². The topological polar surface area (TPSA) is 111 Å². The third-order valence-corrected chi connectivity index (χ3v) is 14.2. The van der Waals surface area contributed by atoms with Gasteiger partial charge in [0, 0.05) is 12.8 Å². The number of ether oxygens (including phenoxy) is 4. The number of carbonyl (C=O) groups excluding carboxylic acids is 3. The number of rotatable bonds is 60. The fourth-order valence-corrected chi connectivity index (χ4v) is 9.22. The first-order valence-corrected chi connectivity index (χ1v) is 32.4. The molecule has 0 N–H and O–H groups in total. The molecule has 9 heteroatoms. The molecule has 2 atom stereocenters. The van der Waals surface area contributed by atoms with Crippen molar-refractivity contribution in [3.63, 3.8) is 0 Å². The average molecular weight is 1080 g/mol. The predicted molar refractivity (Wildman–Crippen MR) is 325 cm³/mol. The van der Waals surface area contributed by atoms with Crippen LogP contribution in [0.25, 0.3) is 0 Å². The molecule has 0 aromatic rings. The van der Waals surface area contributed by atoms with E-state index in [1.165, 1.54) is 212 Å². The van der Waals surface area contributed by atoms with Crippen molar-refractivity contribution in [2.75, 3.05) is 47.5 Å². The van der Waals surface area contributed by atoms with Crippen molar-refractivity contribution in [3.8, 4) is 0 Å². The molecule has 0 fully saturated rings. The molecule has 0 aromatic carbocycles. The Balaban J connectivity index is 4.10. The molecule has 0 aromatic heterocycles. The SMILES string of the molecule is CCCCC/C=C\C/C=C\CCCCCCCCCCCC(=O)OCC(COC(OCC[N+](C)(C)C)C(=O)[O-])OC(=O)CCCCCCCCCCCCCCCCCCCC/C=C\C/C=C\C/C=C\CCCCCCC. The molecule has 0 spiro atoms. The van der Waals surface area contributed by atoms with Crippen molar-refractivity contribution < 1.29 is 42.9 Å². The zero-order valence-corrected chi connectivity index (χ0v) is 51.1. The van der Waals surface area contributed by atoms with Gasteiger partial charge in [-0.05, 0) is 83.5 Å². The smallest absolute Gasteiger partial charge is 0.306 e. The molecule has 0 heterocycles. The lowest BCUT2D eigenvalue weighted by molar-refractivity contribution is -0.870. The summed E-state index contributed by atoms with van der Waals surface area (Å²) in [6.45, 7) is 4.74. The van der Waals surface area contributed by atoms with E-state index in [1.54, 1.807) is 0 Å². The van der Waals surface area contributed by atoms with Crippen LogP contribution in [0.4, 0.5) is 0 Å². The summed E-state index contributed by atoms with van der Waals surface area (Å²) in [6.07, 6.45) is 72.9. The Bertz CT molecular complexity index is 1450. The van der Waals surface area contributed by atoms with Gasteiger partial charge in [-0.3, -0.25) is 9.59 Å². The Labute approximate surface area is 475 Å². The fourth-order valence-electron chi connectivity index (χ4n) is 9.22. The van der Waals surface area contributed by atoms with Gasteiger partial charge < -0.3 is 33.3 Å². The Morgan fingerprint density at radius 3 is 1.06 bits per heavy atom. The molecule has 0 saturated carbocycles. The Kier molecular flexibility index (Phi) is 56.8. The first-order valence-electron chi connectivity index (χ1n) is 32.4. The molecule has 2 unspecified atom stereocenters. The minimum Gasteiger partial charge on any atom is -0.545 e. The standard InChI is InChI=1S/C68H123NO8/c1-6-8-10-12-14-16-18-20-22-24-26-27-28-29-30-31-32-33-34-35-36-37-38-39-41-43-45-47-49-51-53-55-57-59-66(71)77-64(63-76-68(67(72)73)74-61-60-69(3,4)5)62-75-65(70)58-56-54-52-50-48-46-44-42-40-25-23-21-19-17-15-13-11-9-7-2/h15,17-18,20-21,23-24,26,28-29,64,68H,6-14,16,19,22,25,27,30-63H2,1-5H3/b17-15-,20-18-,23-21-,26-24-,29-28-. The minimum atomic E-state index is -1.62. The molecule has 0 aliphatic carbocycles. The van der Waals surface area contributed by atoms with Crippen LogP contribution in [0.1, 0.15) is 296 Å². The number of carboxylic acid groups (broad SMARTS) is 1. The lowest BCUT2D eigenvalue weighted by atomic mass is 10.0. The van der Waals surface area contributed by atoms with E-state index in [9.17, 15) is 19.5 Å². The van der Waals surface area contributed by atoms with Gasteiger partial charge in [-0.1, -0.05) is 261 Å². The van der Waals surface area contributed by atoms with E-state index in [4.69, 9.17) is 18.9 Å². The molecule has 0 rings (SSSR count). The van der Waals surface area contributed by atoms with E-state index in [2.05, 4.69) is 74.6 Å². The highest BCUT2D eigenvalue weighted by Gasteiger charge is 2.22. The summed E-state index contributed by atoms with van der Waals surface area (Å²) in [5.41, 5.74) is 0. The van der Waals surface area contributed by atoms with Crippen LogP contribution in [0.5, 0.6) is 0 Å². The van der Waals surface area contributed by atoms with Crippen LogP contribution in [0.3, 0.4) is 0 Å². The van der Waals surface area contributed by atoms with Crippen molar-refractivity contribution in [3.05, 3.63) is 60.8 Å². The molecule has 448 valence electrons. The summed E-state index contributed by atoms with van der Waals surface area (Å²) in [5.74, 6) is -2.28. The molecular weight excluding hydrogens is 959 g/mol. The molecule has 0 aliphatic heterocycles. The maximum absolute atomic E-state index is 12.9. The third kappa shape index (κ3) is 60.5. The summed E-state index contributed by atoms with van der Waals surface area (Å²) >= 11 is 0. The molecule has 0 aliphatic rings. The van der Waals surface area contributed by atoms with Crippen LogP contribution in [0.2, 0.25) is 0 Å². The number of likely N-dealkylation sites (N-methyl/N-ethyl adjacent to an activating group) is 1. The number of unbranched alkanes of at least 4 members (excludes halogenated alkanes) is 35. The van der Waals surface area contributed by atoms with E-state index < -0.39 is 24.3 Å². The zero-order valence-electron chi connectivity index (χ0n) is 51.1. The second-order valence-corrected chi connectivity index (χ2v) is 23.0. The maximum Gasteiger partial charge on any atom is 0.306 e. The number of hydrogen-bond donors (Lipinski definition) is 0. The zero-order chi connectivity index (χ0) is 56.2. The minimum absolute atomic E-state index is 0.147. The summed E-state index contributed by atoms with van der Waals surface area (Å²) in [4.78, 5) is 37.4. The number of hydrogen-bond acceptors (Lipinski definition) is 8. The van der Waals surface area contributed by atoms with Crippen LogP contribution < -0.4 is 5.11 Å². The van der Waals surface area contributed by atoms with Crippen molar-refractivity contribution >= 4 is 17.9 Å².